The van der Waals surface area contributed by atoms with Crippen LogP contribution < -0.4 is 5.73 Å². The topological polar surface area (TPSA) is 115 Å². The fourth-order valence-electron chi connectivity index (χ4n) is 2.41. The molecule has 0 bridgehead atoms. The molecule has 0 aliphatic rings. The van der Waals surface area contributed by atoms with Gasteiger partial charge in [0, 0.05) is 24.3 Å². The minimum absolute atomic E-state index is 0.146. The van der Waals surface area contributed by atoms with Crippen molar-refractivity contribution in [3.63, 3.8) is 0 Å². The molecular weight excluding hydrogens is 447 g/mol. The molecule has 11 heteroatoms. The van der Waals surface area contributed by atoms with E-state index in [1.807, 2.05) is 0 Å². The van der Waals surface area contributed by atoms with Gasteiger partial charge in [0.2, 0.25) is 0 Å². The van der Waals surface area contributed by atoms with Gasteiger partial charge in [-0.05, 0) is 44.9 Å². The number of nitrogens with zero attached hydrogens (tertiary/aromatic N) is 1. The standard InChI is InChI=1S/C17H26Cl2N2O5S2/c1-13(18)27(23,24)10-4-8-21(9-5-11-28(25,26)14(2)19)17(22)15-6-3-7-16(20)12-15/h3,6-7,12-14H,4-5,8-11,20H2,1-2H3. The van der Waals surface area contributed by atoms with E-state index < -0.39 is 29.1 Å². The summed E-state index contributed by atoms with van der Waals surface area (Å²) in [5.74, 6) is -0.690. The molecular formula is C17H26Cl2N2O5S2. The van der Waals surface area contributed by atoms with E-state index in [-0.39, 0.29) is 43.3 Å². The number of rotatable bonds is 11. The summed E-state index contributed by atoms with van der Waals surface area (Å²) >= 11 is 11.3. The maximum Gasteiger partial charge on any atom is 0.253 e. The Morgan fingerprint density at radius 2 is 1.46 bits per heavy atom. The second kappa shape index (κ2) is 10.7. The first-order valence-electron chi connectivity index (χ1n) is 8.73. The molecule has 1 rings (SSSR count). The summed E-state index contributed by atoms with van der Waals surface area (Å²) in [5, 5.41) is 0. The molecule has 0 fully saturated rings. The smallest absolute Gasteiger partial charge is 0.253 e. The Kier molecular flexibility index (Phi) is 9.52. The van der Waals surface area contributed by atoms with Crippen LogP contribution in [0.15, 0.2) is 24.3 Å². The minimum atomic E-state index is -3.45. The van der Waals surface area contributed by atoms with Crippen molar-refractivity contribution in [3.8, 4) is 0 Å². The highest BCUT2D eigenvalue weighted by atomic mass is 35.5. The van der Waals surface area contributed by atoms with Gasteiger partial charge in [-0.3, -0.25) is 4.79 Å². The largest absolute Gasteiger partial charge is 0.399 e. The number of halogens is 2. The Labute approximate surface area is 177 Å². The van der Waals surface area contributed by atoms with Crippen LogP contribution >= 0.6 is 23.2 Å². The van der Waals surface area contributed by atoms with Gasteiger partial charge in [0.15, 0.2) is 19.7 Å². The number of alkyl halides is 2. The number of nitrogen functional groups attached to an aromatic ring is 1. The molecule has 2 atom stereocenters. The zero-order valence-electron chi connectivity index (χ0n) is 15.8. The van der Waals surface area contributed by atoms with Crippen molar-refractivity contribution in [3.05, 3.63) is 29.8 Å². The first-order valence-corrected chi connectivity index (χ1v) is 13.0. The third-order valence-electron chi connectivity index (χ3n) is 4.12. The first-order chi connectivity index (χ1) is 12.9. The Bertz CT molecular complexity index is 827. The van der Waals surface area contributed by atoms with E-state index >= 15 is 0 Å². The highest BCUT2D eigenvalue weighted by Crippen LogP contribution is 2.14. The van der Waals surface area contributed by atoms with Gasteiger partial charge in [-0.1, -0.05) is 6.07 Å². The van der Waals surface area contributed by atoms with Crippen molar-refractivity contribution in [1.29, 1.82) is 0 Å². The molecule has 0 aliphatic heterocycles. The van der Waals surface area contributed by atoms with Crippen molar-refractivity contribution in [2.75, 3.05) is 30.3 Å². The Hall–Kier alpha value is -1.03. The van der Waals surface area contributed by atoms with Crippen molar-refractivity contribution in [1.82, 2.24) is 4.90 Å². The van der Waals surface area contributed by atoms with Crippen LogP contribution in [-0.4, -0.2) is 61.7 Å². The highest BCUT2D eigenvalue weighted by Gasteiger charge is 2.22. The Morgan fingerprint density at radius 1 is 1.00 bits per heavy atom. The number of nitrogens with two attached hydrogens (primary N) is 1. The molecule has 2 unspecified atom stereocenters. The van der Waals surface area contributed by atoms with Gasteiger partial charge < -0.3 is 10.6 Å². The molecule has 160 valence electrons. The Balaban J connectivity index is 2.86. The molecule has 2 N–H and O–H groups in total. The van der Waals surface area contributed by atoms with Gasteiger partial charge in [0.25, 0.3) is 5.91 Å². The molecule has 0 spiro atoms. The van der Waals surface area contributed by atoms with Gasteiger partial charge in [0.05, 0.1) is 11.5 Å². The first kappa shape index (κ1) is 25.0. The molecule has 0 aliphatic carbocycles. The lowest BCUT2D eigenvalue weighted by Gasteiger charge is -2.23. The maximum atomic E-state index is 12.8. The van der Waals surface area contributed by atoms with E-state index in [0.29, 0.717) is 11.3 Å². The van der Waals surface area contributed by atoms with E-state index in [1.54, 1.807) is 18.2 Å². The molecule has 0 saturated heterocycles. The van der Waals surface area contributed by atoms with Crippen molar-refractivity contribution >= 4 is 54.5 Å². The lowest BCUT2D eigenvalue weighted by atomic mass is 10.1. The van der Waals surface area contributed by atoms with E-state index in [9.17, 15) is 21.6 Å². The normalized spacial score (nSPS) is 14.4. The summed E-state index contributed by atoms with van der Waals surface area (Å²) in [7, 11) is -6.90. The van der Waals surface area contributed by atoms with E-state index in [4.69, 9.17) is 28.9 Å². The van der Waals surface area contributed by atoms with Crippen molar-refractivity contribution in [2.45, 2.75) is 36.1 Å². The zero-order valence-corrected chi connectivity index (χ0v) is 19.0. The predicted molar refractivity (Wildman–Crippen MR) is 114 cm³/mol. The zero-order chi connectivity index (χ0) is 21.5. The minimum Gasteiger partial charge on any atom is -0.399 e. The van der Waals surface area contributed by atoms with Crippen LogP contribution in [0.3, 0.4) is 0 Å². The average molecular weight is 473 g/mol. The van der Waals surface area contributed by atoms with Crippen LogP contribution in [0.25, 0.3) is 0 Å². The highest BCUT2D eigenvalue weighted by molar-refractivity contribution is 7.93. The molecule has 0 radical (unpaired) electrons. The molecule has 1 amide bonds. The van der Waals surface area contributed by atoms with Gasteiger partial charge in [-0.15, -0.1) is 23.2 Å². The summed E-state index contributed by atoms with van der Waals surface area (Å²) < 4.78 is 45.5. The lowest BCUT2D eigenvalue weighted by molar-refractivity contribution is 0.0756. The van der Waals surface area contributed by atoms with E-state index in [1.165, 1.54) is 24.8 Å². The van der Waals surface area contributed by atoms with E-state index in [0.717, 1.165) is 0 Å². The lowest BCUT2D eigenvalue weighted by Crippen LogP contribution is -2.35. The van der Waals surface area contributed by atoms with Crippen LogP contribution in [0, 0.1) is 0 Å². The quantitative estimate of drug-likeness (QED) is 0.390. The van der Waals surface area contributed by atoms with Crippen molar-refractivity contribution < 1.29 is 21.6 Å². The van der Waals surface area contributed by atoms with Crippen LogP contribution in [0.4, 0.5) is 5.69 Å². The summed E-state index contributed by atoms with van der Waals surface area (Å²) in [5.41, 5.74) is 6.49. The Morgan fingerprint density at radius 3 is 1.86 bits per heavy atom. The number of sulfone groups is 2. The van der Waals surface area contributed by atoms with Gasteiger partial charge >= 0.3 is 0 Å². The second-order valence-electron chi connectivity index (χ2n) is 6.44. The molecule has 0 aromatic heterocycles. The molecule has 1 aromatic carbocycles. The number of carbonyl (C=O) groups is 1. The third kappa shape index (κ3) is 7.77. The second-order valence-corrected chi connectivity index (χ2v) is 13.2. The SMILES string of the molecule is CC(Cl)S(=O)(=O)CCCN(CCCS(=O)(=O)C(C)Cl)C(=O)c1cccc(N)c1. The summed E-state index contributed by atoms with van der Waals surface area (Å²) in [4.78, 5) is 14.2. The van der Waals surface area contributed by atoms with Crippen LogP contribution in [0.1, 0.15) is 37.0 Å². The third-order valence-corrected chi connectivity index (χ3v) is 9.45. The number of anilines is 1. The van der Waals surface area contributed by atoms with Crippen LogP contribution in [-0.2, 0) is 19.7 Å². The number of amides is 1. The molecule has 0 heterocycles. The number of carbonyl (C=O) groups excluding carboxylic acids is 1. The average Bonchev–Trinajstić information content (AvgIpc) is 2.59. The summed E-state index contributed by atoms with van der Waals surface area (Å²) in [6, 6.07) is 6.40. The summed E-state index contributed by atoms with van der Waals surface area (Å²) in [6.07, 6.45) is 0.373. The van der Waals surface area contributed by atoms with Gasteiger partial charge in [-0.25, -0.2) is 16.8 Å². The van der Waals surface area contributed by atoms with Crippen molar-refractivity contribution in [2.24, 2.45) is 0 Å². The number of hydrogen-bond donors (Lipinski definition) is 1. The molecule has 1 aromatic rings. The van der Waals surface area contributed by atoms with Crippen LogP contribution in [0.2, 0.25) is 0 Å². The number of hydrogen-bond acceptors (Lipinski definition) is 6. The number of benzene rings is 1. The summed E-state index contributed by atoms with van der Waals surface area (Å²) in [6.45, 7) is 3.05. The fourth-order valence-corrected chi connectivity index (χ4v) is 4.65. The van der Waals surface area contributed by atoms with Gasteiger partial charge in [0.1, 0.15) is 9.42 Å². The van der Waals surface area contributed by atoms with Crippen LogP contribution in [0.5, 0.6) is 0 Å². The predicted octanol–water partition coefficient (Wildman–Crippen LogP) is 2.49. The van der Waals surface area contributed by atoms with Gasteiger partial charge in [-0.2, -0.15) is 0 Å². The fraction of sp³-hybridized carbons (Fsp3) is 0.588. The maximum absolute atomic E-state index is 12.8. The molecule has 0 saturated carbocycles. The molecule has 28 heavy (non-hydrogen) atoms. The molecule has 7 nitrogen and oxygen atoms in total. The monoisotopic (exact) mass is 472 g/mol. The van der Waals surface area contributed by atoms with E-state index in [2.05, 4.69) is 0 Å².